The van der Waals surface area contributed by atoms with Crippen molar-refractivity contribution in [1.82, 2.24) is 10.6 Å². The second kappa shape index (κ2) is 5.04. The molecule has 0 spiro atoms. The second-order valence-electron chi connectivity index (χ2n) is 5.11. The molecule has 5 heteroatoms. The zero-order valence-electron chi connectivity index (χ0n) is 10.00. The van der Waals surface area contributed by atoms with Crippen LogP contribution in [0.5, 0.6) is 0 Å². The van der Waals surface area contributed by atoms with E-state index in [2.05, 4.69) is 10.6 Å². The first-order valence-corrected chi connectivity index (χ1v) is 6.40. The molecule has 1 aliphatic carbocycles. The zero-order valence-corrected chi connectivity index (χ0v) is 10.00. The summed E-state index contributed by atoms with van der Waals surface area (Å²) >= 11 is 0. The number of carboxylic acids is 1. The summed E-state index contributed by atoms with van der Waals surface area (Å²) in [6.45, 7) is 1.69. The van der Waals surface area contributed by atoms with E-state index in [-0.39, 0.29) is 11.8 Å². The van der Waals surface area contributed by atoms with Gasteiger partial charge in [0.25, 0.3) is 0 Å². The predicted molar refractivity (Wildman–Crippen MR) is 62.6 cm³/mol. The molecule has 5 nitrogen and oxygen atoms in total. The van der Waals surface area contributed by atoms with Crippen LogP contribution < -0.4 is 10.6 Å². The third kappa shape index (κ3) is 2.60. The summed E-state index contributed by atoms with van der Waals surface area (Å²) in [5.74, 6) is -0.971. The van der Waals surface area contributed by atoms with Gasteiger partial charge < -0.3 is 15.7 Å². The molecule has 2 fully saturated rings. The average molecular weight is 240 g/mol. The van der Waals surface area contributed by atoms with Gasteiger partial charge in [-0.15, -0.1) is 0 Å². The Hall–Kier alpha value is -1.10. The Morgan fingerprint density at radius 2 is 1.76 bits per heavy atom. The van der Waals surface area contributed by atoms with Crippen molar-refractivity contribution in [2.24, 2.45) is 5.92 Å². The van der Waals surface area contributed by atoms with Gasteiger partial charge in [0.2, 0.25) is 5.91 Å². The van der Waals surface area contributed by atoms with Gasteiger partial charge in [0.15, 0.2) is 0 Å². The van der Waals surface area contributed by atoms with Crippen molar-refractivity contribution < 1.29 is 14.7 Å². The van der Waals surface area contributed by atoms with Crippen LogP contribution in [0, 0.1) is 5.92 Å². The number of nitrogens with one attached hydrogen (secondary N) is 2. The van der Waals surface area contributed by atoms with E-state index in [1.54, 1.807) is 0 Å². The topological polar surface area (TPSA) is 78.4 Å². The highest BCUT2D eigenvalue weighted by molar-refractivity contribution is 5.88. The largest absolute Gasteiger partial charge is 0.480 e. The fourth-order valence-corrected chi connectivity index (χ4v) is 2.79. The highest BCUT2D eigenvalue weighted by atomic mass is 16.4. The van der Waals surface area contributed by atoms with E-state index in [1.165, 1.54) is 0 Å². The quantitative estimate of drug-likeness (QED) is 0.671. The smallest absolute Gasteiger partial charge is 0.329 e. The lowest BCUT2D eigenvalue weighted by Crippen LogP contribution is -2.55. The molecule has 3 N–H and O–H groups in total. The van der Waals surface area contributed by atoms with E-state index >= 15 is 0 Å². The average Bonchev–Trinajstić information content (AvgIpc) is 2.80. The molecule has 1 amide bonds. The van der Waals surface area contributed by atoms with Crippen LogP contribution in [-0.4, -0.2) is 35.6 Å². The maximum absolute atomic E-state index is 12.1. The van der Waals surface area contributed by atoms with Crippen LogP contribution >= 0.6 is 0 Å². The van der Waals surface area contributed by atoms with Crippen LogP contribution in [0.4, 0.5) is 0 Å². The molecule has 0 aromatic heterocycles. The maximum Gasteiger partial charge on any atom is 0.329 e. The minimum Gasteiger partial charge on any atom is -0.480 e. The Morgan fingerprint density at radius 3 is 2.29 bits per heavy atom. The van der Waals surface area contributed by atoms with Gasteiger partial charge in [0.05, 0.1) is 0 Å². The molecule has 1 saturated carbocycles. The molecule has 1 heterocycles. The number of carbonyl (C=O) groups excluding carboxylic acids is 1. The lowest BCUT2D eigenvalue weighted by Gasteiger charge is -2.29. The van der Waals surface area contributed by atoms with Crippen molar-refractivity contribution in [2.45, 2.75) is 44.1 Å². The van der Waals surface area contributed by atoms with E-state index in [0.717, 1.165) is 38.8 Å². The van der Waals surface area contributed by atoms with Gasteiger partial charge >= 0.3 is 5.97 Å². The van der Waals surface area contributed by atoms with Gasteiger partial charge in [-0.25, -0.2) is 4.79 Å². The summed E-state index contributed by atoms with van der Waals surface area (Å²) in [6.07, 6.45) is 4.53. The van der Waals surface area contributed by atoms with E-state index < -0.39 is 11.5 Å². The molecule has 2 rings (SSSR count). The number of piperidine rings is 1. The van der Waals surface area contributed by atoms with Crippen LogP contribution in [0.2, 0.25) is 0 Å². The highest BCUT2D eigenvalue weighted by Gasteiger charge is 2.43. The van der Waals surface area contributed by atoms with Crippen LogP contribution in [0.3, 0.4) is 0 Å². The summed E-state index contributed by atoms with van der Waals surface area (Å²) in [5, 5.41) is 15.3. The van der Waals surface area contributed by atoms with Gasteiger partial charge in [-0.2, -0.15) is 0 Å². The maximum atomic E-state index is 12.1. The Balaban J connectivity index is 1.98. The van der Waals surface area contributed by atoms with Gasteiger partial charge in [-0.3, -0.25) is 4.79 Å². The van der Waals surface area contributed by atoms with Crippen molar-refractivity contribution in [2.75, 3.05) is 13.1 Å². The van der Waals surface area contributed by atoms with Gasteiger partial charge in [0, 0.05) is 5.92 Å². The summed E-state index contributed by atoms with van der Waals surface area (Å²) in [5.41, 5.74) is -0.984. The number of carboxylic acid groups (broad SMARTS) is 1. The molecule has 0 bridgehead atoms. The highest BCUT2D eigenvalue weighted by Crippen LogP contribution is 2.30. The predicted octanol–water partition coefficient (Wildman–Crippen LogP) is 0.500. The van der Waals surface area contributed by atoms with Crippen molar-refractivity contribution in [3.63, 3.8) is 0 Å². The first kappa shape index (κ1) is 12.4. The molecule has 0 aromatic rings. The van der Waals surface area contributed by atoms with Gasteiger partial charge in [-0.05, 0) is 38.8 Å². The minimum atomic E-state index is -0.984. The van der Waals surface area contributed by atoms with Gasteiger partial charge in [-0.1, -0.05) is 12.8 Å². The Labute approximate surface area is 101 Å². The fourth-order valence-electron chi connectivity index (χ4n) is 2.79. The Kier molecular flexibility index (Phi) is 3.66. The van der Waals surface area contributed by atoms with Crippen molar-refractivity contribution in [3.05, 3.63) is 0 Å². The molecule has 0 radical (unpaired) electrons. The minimum absolute atomic E-state index is 0.0203. The molecule has 0 atom stereocenters. The third-order valence-electron chi connectivity index (χ3n) is 3.94. The molecule has 1 saturated heterocycles. The summed E-state index contributed by atoms with van der Waals surface area (Å²) < 4.78 is 0. The Bertz CT molecular complexity index is 305. The molecule has 17 heavy (non-hydrogen) atoms. The third-order valence-corrected chi connectivity index (χ3v) is 3.94. The molecular weight excluding hydrogens is 220 g/mol. The second-order valence-corrected chi connectivity index (χ2v) is 5.11. The van der Waals surface area contributed by atoms with Gasteiger partial charge in [0.1, 0.15) is 5.54 Å². The number of rotatable bonds is 3. The monoisotopic (exact) mass is 240 g/mol. The first-order valence-electron chi connectivity index (χ1n) is 6.40. The van der Waals surface area contributed by atoms with E-state index in [0.29, 0.717) is 12.8 Å². The van der Waals surface area contributed by atoms with Crippen molar-refractivity contribution >= 4 is 11.9 Å². The van der Waals surface area contributed by atoms with Crippen LogP contribution in [0.15, 0.2) is 0 Å². The lowest BCUT2D eigenvalue weighted by atomic mass is 9.93. The first-order chi connectivity index (χ1) is 8.14. The van der Waals surface area contributed by atoms with Crippen LogP contribution in [0.1, 0.15) is 38.5 Å². The number of carbonyl (C=O) groups is 2. The molecule has 96 valence electrons. The molecular formula is C12H20N2O3. The standard InChI is InChI=1S/C12H20N2O3/c15-10(9-3-7-13-8-4-9)14-12(11(16)17)5-1-2-6-12/h9,13H,1-8H2,(H,14,15)(H,16,17). The van der Waals surface area contributed by atoms with E-state index in [9.17, 15) is 14.7 Å². The normalized spacial score (nSPS) is 24.5. The molecule has 1 aliphatic heterocycles. The summed E-state index contributed by atoms with van der Waals surface area (Å²) in [7, 11) is 0. The van der Waals surface area contributed by atoms with Crippen molar-refractivity contribution in [1.29, 1.82) is 0 Å². The molecule has 0 unspecified atom stereocenters. The number of hydrogen-bond donors (Lipinski definition) is 3. The number of aliphatic carboxylic acids is 1. The number of hydrogen-bond acceptors (Lipinski definition) is 3. The molecule has 2 aliphatic rings. The number of amides is 1. The Morgan fingerprint density at radius 1 is 1.18 bits per heavy atom. The molecule has 0 aromatic carbocycles. The zero-order chi connectivity index (χ0) is 12.3. The van der Waals surface area contributed by atoms with Crippen molar-refractivity contribution in [3.8, 4) is 0 Å². The van der Waals surface area contributed by atoms with E-state index in [4.69, 9.17) is 0 Å². The summed E-state index contributed by atoms with van der Waals surface area (Å²) in [6, 6.07) is 0. The fraction of sp³-hybridized carbons (Fsp3) is 0.833. The lowest BCUT2D eigenvalue weighted by molar-refractivity contribution is -0.148. The SMILES string of the molecule is O=C(NC1(C(=O)O)CCCC1)C1CCNCC1. The van der Waals surface area contributed by atoms with E-state index in [1.807, 2.05) is 0 Å². The van der Waals surface area contributed by atoms with Crippen LogP contribution in [-0.2, 0) is 9.59 Å². The summed E-state index contributed by atoms with van der Waals surface area (Å²) in [4.78, 5) is 23.4. The van der Waals surface area contributed by atoms with Crippen LogP contribution in [0.25, 0.3) is 0 Å².